The van der Waals surface area contributed by atoms with E-state index >= 15 is 0 Å². The molecule has 46 heavy (non-hydrogen) atoms. The molecule has 1 aromatic heterocycles. The smallest absolute Gasteiger partial charge is 0.338 e. The van der Waals surface area contributed by atoms with Crippen LogP contribution in [0.3, 0.4) is 0 Å². The Bertz CT molecular complexity index is 1680. The molecule has 1 saturated heterocycles. The van der Waals surface area contributed by atoms with Crippen molar-refractivity contribution in [2.24, 2.45) is 0 Å². The molecule has 1 saturated carbocycles. The number of rotatable bonds is 8. The molecule has 3 aromatic rings. The number of aromatic nitrogens is 3. The molecule has 244 valence electrons. The van der Waals surface area contributed by atoms with Crippen molar-refractivity contribution < 1.29 is 40.3 Å². The third-order valence-electron chi connectivity index (χ3n) is 8.43. The van der Waals surface area contributed by atoms with Gasteiger partial charge in [0.05, 0.1) is 30.8 Å². The molecule has 3 heterocycles. The lowest BCUT2D eigenvalue weighted by molar-refractivity contribution is -0.140. The van der Waals surface area contributed by atoms with Gasteiger partial charge in [0.15, 0.2) is 11.8 Å². The predicted octanol–water partition coefficient (Wildman–Crippen LogP) is 5.46. The van der Waals surface area contributed by atoms with Crippen LogP contribution in [0.4, 0.5) is 30.7 Å². The minimum atomic E-state index is -4.88. The molecule has 2 amide bonds. The highest BCUT2D eigenvalue weighted by Crippen LogP contribution is 2.39. The third kappa shape index (κ3) is 6.16. The maximum absolute atomic E-state index is 14.1. The van der Waals surface area contributed by atoms with Crippen LogP contribution in [0, 0.1) is 11.2 Å². The number of guanidine groups is 1. The van der Waals surface area contributed by atoms with Crippen molar-refractivity contribution in [3.63, 3.8) is 0 Å². The van der Waals surface area contributed by atoms with Crippen LogP contribution in [0.1, 0.15) is 76.7 Å². The van der Waals surface area contributed by atoms with Crippen molar-refractivity contribution >= 4 is 17.8 Å². The van der Waals surface area contributed by atoms with E-state index in [1.54, 1.807) is 4.68 Å². The SMILES string of the molecule is N=C1N[C@](CCCC(F)(F)F)(c2ccc(F)cc2)C(=O)N1Cc1ccc(C(F)(F)F)c(C(=O)N2CCn3nc(C4CC4)nc3C2)c1. The van der Waals surface area contributed by atoms with Crippen molar-refractivity contribution in [3.8, 4) is 0 Å². The average Bonchev–Trinajstić information content (AvgIpc) is 3.71. The Morgan fingerprint density at radius 3 is 2.41 bits per heavy atom. The van der Waals surface area contributed by atoms with E-state index in [0.29, 0.717) is 11.6 Å². The van der Waals surface area contributed by atoms with E-state index in [2.05, 4.69) is 15.4 Å². The fraction of sp³-hybridized carbons (Fsp3) is 0.433. The number of carbonyl (C=O) groups is 2. The maximum Gasteiger partial charge on any atom is 0.417 e. The van der Waals surface area contributed by atoms with Crippen molar-refractivity contribution in [2.75, 3.05) is 6.54 Å². The van der Waals surface area contributed by atoms with Crippen molar-refractivity contribution in [3.05, 3.63) is 82.2 Å². The molecule has 6 rings (SSSR count). The van der Waals surface area contributed by atoms with Gasteiger partial charge < -0.3 is 10.2 Å². The summed E-state index contributed by atoms with van der Waals surface area (Å²) in [5.41, 5.74) is -3.47. The second-order valence-electron chi connectivity index (χ2n) is 11.7. The summed E-state index contributed by atoms with van der Waals surface area (Å²) in [7, 11) is 0. The van der Waals surface area contributed by atoms with Gasteiger partial charge in [0, 0.05) is 18.9 Å². The second kappa shape index (κ2) is 11.4. The molecule has 2 aliphatic heterocycles. The van der Waals surface area contributed by atoms with Crippen molar-refractivity contribution in [1.82, 2.24) is 29.9 Å². The van der Waals surface area contributed by atoms with Gasteiger partial charge in [-0.3, -0.25) is 19.9 Å². The number of nitrogens with one attached hydrogen (secondary N) is 2. The minimum Gasteiger partial charge on any atom is -0.338 e. The first-order valence-corrected chi connectivity index (χ1v) is 14.6. The largest absolute Gasteiger partial charge is 0.417 e. The molecule has 0 bridgehead atoms. The molecule has 0 spiro atoms. The molecule has 1 atom stereocenters. The Balaban J connectivity index is 1.27. The quantitative estimate of drug-likeness (QED) is 0.315. The van der Waals surface area contributed by atoms with E-state index in [0.717, 1.165) is 48.1 Å². The fourth-order valence-corrected chi connectivity index (χ4v) is 5.91. The fourth-order valence-electron chi connectivity index (χ4n) is 5.91. The summed E-state index contributed by atoms with van der Waals surface area (Å²) in [6.45, 7) is -0.146. The van der Waals surface area contributed by atoms with E-state index in [9.17, 15) is 40.3 Å². The van der Waals surface area contributed by atoms with Gasteiger partial charge in [0.1, 0.15) is 17.2 Å². The summed E-state index contributed by atoms with van der Waals surface area (Å²) < 4.78 is 96.5. The van der Waals surface area contributed by atoms with Gasteiger partial charge in [-0.25, -0.2) is 14.1 Å². The van der Waals surface area contributed by atoms with E-state index in [1.165, 1.54) is 17.0 Å². The van der Waals surface area contributed by atoms with Gasteiger partial charge in [-0.15, -0.1) is 0 Å². The Hall–Kier alpha value is -4.50. The van der Waals surface area contributed by atoms with Gasteiger partial charge in [-0.2, -0.15) is 31.4 Å². The van der Waals surface area contributed by atoms with Crippen LogP contribution in [-0.2, 0) is 36.1 Å². The summed E-state index contributed by atoms with van der Waals surface area (Å²) in [6.07, 6.45) is -9.58. The van der Waals surface area contributed by atoms with Gasteiger partial charge in [0.2, 0.25) is 0 Å². The zero-order valence-electron chi connectivity index (χ0n) is 24.2. The third-order valence-corrected chi connectivity index (χ3v) is 8.43. The highest BCUT2D eigenvalue weighted by atomic mass is 19.4. The van der Waals surface area contributed by atoms with E-state index < -0.39 is 78.4 Å². The molecule has 2 fully saturated rings. The molecule has 16 heteroatoms. The standard InChI is InChI=1S/C30H28F7N7O2/c31-20-7-5-19(6-8-20)28(10-1-11-29(32,33)34)26(46)43(27(38)40-28)15-17-2-9-22(30(35,36)37)21(14-17)25(45)42-12-13-44-23(16-42)39-24(41-44)18-3-4-18/h2,5-9,14,18H,1,3-4,10-13,15-16H2,(H2,38,40)/t28-/m1/s1. The van der Waals surface area contributed by atoms with E-state index in [-0.39, 0.29) is 36.7 Å². The lowest BCUT2D eigenvalue weighted by Gasteiger charge is -2.28. The van der Waals surface area contributed by atoms with Crippen LogP contribution in [-0.4, -0.2) is 55.1 Å². The number of carbonyl (C=O) groups excluding carboxylic acids is 2. The molecule has 2 N–H and O–H groups in total. The van der Waals surface area contributed by atoms with Crippen LogP contribution < -0.4 is 5.32 Å². The van der Waals surface area contributed by atoms with Crippen LogP contribution in [0.2, 0.25) is 0 Å². The van der Waals surface area contributed by atoms with Gasteiger partial charge in [0.25, 0.3) is 11.8 Å². The molecule has 3 aliphatic rings. The first-order chi connectivity index (χ1) is 21.6. The topological polar surface area (TPSA) is 107 Å². The summed E-state index contributed by atoms with van der Waals surface area (Å²) >= 11 is 0. The molecule has 0 unspecified atom stereocenters. The number of benzene rings is 2. The van der Waals surface area contributed by atoms with Crippen LogP contribution >= 0.6 is 0 Å². The first-order valence-electron chi connectivity index (χ1n) is 14.6. The van der Waals surface area contributed by atoms with Gasteiger partial charge in [-0.1, -0.05) is 18.2 Å². The van der Waals surface area contributed by atoms with Crippen LogP contribution in [0.25, 0.3) is 0 Å². The zero-order chi connectivity index (χ0) is 33.0. The molecule has 1 aliphatic carbocycles. The number of alkyl halides is 6. The van der Waals surface area contributed by atoms with Crippen LogP contribution in [0.15, 0.2) is 42.5 Å². The molecular weight excluding hydrogens is 623 g/mol. The Morgan fingerprint density at radius 2 is 1.76 bits per heavy atom. The van der Waals surface area contributed by atoms with E-state index in [1.807, 2.05) is 0 Å². The van der Waals surface area contributed by atoms with Gasteiger partial charge >= 0.3 is 12.4 Å². The highest BCUT2D eigenvalue weighted by molar-refractivity contribution is 6.08. The number of amides is 2. The molecular formula is C30H28F7N7O2. The number of nitrogens with zero attached hydrogens (tertiary/aromatic N) is 5. The zero-order valence-corrected chi connectivity index (χ0v) is 24.2. The number of hydrogen-bond acceptors (Lipinski definition) is 5. The predicted molar refractivity (Wildman–Crippen MR) is 148 cm³/mol. The lowest BCUT2D eigenvalue weighted by Crippen LogP contribution is -2.44. The highest BCUT2D eigenvalue weighted by Gasteiger charge is 2.51. The monoisotopic (exact) mass is 651 g/mol. The first kappa shape index (κ1) is 31.5. The molecule has 9 nitrogen and oxygen atoms in total. The van der Waals surface area contributed by atoms with Crippen molar-refractivity contribution in [1.29, 1.82) is 5.41 Å². The number of hydrogen-bond donors (Lipinski definition) is 2. The summed E-state index contributed by atoms with van der Waals surface area (Å²) in [4.78, 5) is 34.0. The summed E-state index contributed by atoms with van der Waals surface area (Å²) in [5.74, 6) is -1.50. The second-order valence-corrected chi connectivity index (χ2v) is 11.7. The minimum absolute atomic E-state index is 0.0443. The summed E-state index contributed by atoms with van der Waals surface area (Å²) in [6, 6.07) is 7.35. The Kier molecular flexibility index (Phi) is 7.79. The Morgan fingerprint density at radius 1 is 1.04 bits per heavy atom. The van der Waals surface area contributed by atoms with Gasteiger partial charge in [-0.05, 0) is 61.1 Å². The van der Waals surface area contributed by atoms with Crippen LogP contribution in [0.5, 0.6) is 0 Å². The normalized spacial score (nSPS) is 20.2. The number of fused-ring (bicyclic) bond motifs is 1. The number of halogens is 7. The maximum atomic E-state index is 14.1. The van der Waals surface area contributed by atoms with E-state index in [4.69, 9.17) is 5.41 Å². The summed E-state index contributed by atoms with van der Waals surface area (Å²) in [5, 5.41) is 15.6. The average molecular weight is 652 g/mol. The Labute approximate surface area is 257 Å². The molecule has 0 radical (unpaired) electrons. The van der Waals surface area contributed by atoms with Crippen molar-refractivity contribution in [2.45, 2.75) is 75.5 Å². The lowest BCUT2D eigenvalue weighted by atomic mass is 9.84. The molecule has 2 aromatic carbocycles.